The van der Waals surface area contributed by atoms with Gasteiger partial charge >= 0.3 is 0 Å². The number of rotatable bonds is 3. The monoisotopic (exact) mass is 247 g/mol. The number of furan rings is 1. The van der Waals surface area contributed by atoms with E-state index in [1.54, 1.807) is 0 Å². The molecule has 0 aromatic carbocycles. The summed E-state index contributed by atoms with van der Waals surface area (Å²) < 4.78 is 7.84. The Balaban J connectivity index is 2.55. The Morgan fingerprint density at radius 2 is 1.89 bits per heavy atom. The minimum absolute atomic E-state index is 0.119. The van der Waals surface area contributed by atoms with E-state index < -0.39 is 0 Å². The predicted molar refractivity (Wildman–Crippen MR) is 71.8 cm³/mol. The summed E-state index contributed by atoms with van der Waals surface area (Å²) in [5.41, 5.74) is 3.59. The molecule has 0 aliphatic heterocycles. The maximum atomic E-state index is 5.73. The molecule has 18 heavy (non-hydrogen) atoms. The second-order valence-electron chi connectivity index (χ2n) is 4.76. The number of aryl methyl sites for hydroxylation is 3. The molecule has 4 heteroatoms. The van der Waals surface area contributed by atoms with Gasteiger partial charge in [-0.05, 0) is 40.3 Å². The van der Waals surface area contributed by atoms with Gasteiger partial charge in [0.1, 0.15) is 17.3 Å². The normalized spacial score (nSPS) is 13.0. The van der Waals surface area contributed by atoms with E-state index in [0.717, 1.165) is 23.0 Å². The van der Waals surface area contributed by atoms with Gasteiger partial charge in [0, 0.05) is 12.6 Å². The fourth-order valence-electron chi connectivity index (χ4n) is 2.46. The van der Waals surface area contributed by atoms with Gasteiger partial charge in [-0.15, -0.1) is 0 Å². The zero-order valence-corrected chi connectivity index (χ0v) is 12.0. The molecule has 0 saturated heterocycles. The summed E-state index contributed by atoms with van der Waals surface area (Å²) in [6.07, 6.45) is 1.93. The van der Waals surface area contributed by atoms with Crippen molar-refractivity contribution in [3.63, 3.8) is 0 Å². The Morgan fingerprint density at radius 3 is 2.28 bits per heavy atom. The molecule has 0 saturated carbocycles. The van der Waals surface area contributed by atoms with Crippen LogP contribution in [0.5, 0.6) is 0 Å². The smallest absolute Gasteiger partial charge is 0.106 e. The van der Waals surface area contributed by atoms with Crippen molar-refractivity contribution in [2.45, 2.75) is 33.7 Å². The van der Waals surface area contributed by atoms with Crippen LogP contribution in [0.4, 0.5) is 0 Å². The lowest BCUT2D eigenvalue weighted by Gasteiger charge is -2.18. The van der Waals surface area contributed by atoms with E-state index >= 15 is 0 Å². The molecule has 2 aromatic rings. The highest BCUT2D eigenvalue weighted by Crippen LogP contribution is 2.31. The second kappa shape index (κ2) is 4.61. The first-order chi connectivity index (χ1) is 8.47. The van der Waals surface area contributed by atoms with Gasteiger partial charge in [-0.25, -0.2) is 4.98 Å². The predicted octanol–water partition coefficient (Wildman–Crippen LogP) is 2.56. The van der Waals surface area contributed by atoms with Crippen LogP contribution in [-0.2, 0) is 7.05 Å². The zero-order chi connectivity index (χ0) is 13.4. The van der Waals surface area contributed by atoms with Gasteiger partial charge in [-0.2, -0.15) is 0 Å². The topological polar surface area (TPSA) is 43.0 Å². The molecule has 2 heterocycles. The van der Waals surface area contributed by atoms with E-state index in [1.807, 2.05) is 41.1 Å². The lowest BCUT2D eigenvalue weighted by Crippen LogP contribution is -2.21. The molecule has 1 atom stereocenters. The maximum Gasteiger partial charge on any atom is 0.106 e. The quantitative estimate of drug-likeness (QED) is 0.906. The molecule has 1 N–H and O–H groups in total. The van der Waals surface area contributed by atoms with Gasteiger partial charge in [-0.1, -0.05) is 0 Å². The molecule has 2 aromatic heterocycles. The lowest BCUT2D eigenvalue weighted by atomic mass is 10.00. The van der Waals surface area contributed by atoms with Crippen molar-refractivity contribution in [2.24, 2.45) is 7.05 Å². The highest BCUT2D eigenvalue weighted by Gasteiger charge is 2.23. The van der Waals surface area contributed by atoms with Crippen LogP contribution in [-0.4, -0.2) is 16.6 Å². The molecular weight excluding hydrogens is 226 g/mol. The van der Waals surface area contributed by atoms with E-state index in [1.165, 1.54) is 11.1 Å². The first-order valence-electron chi connectivity index (χ1n) is 6.19. The van der Waals surface area contributed by atoms with Crippen LogP contribution in [0.3, 0.4) is 0 Å². The molecule has 0 aliphatic rings. The van der Waals surface area contributed by atoms with E-state index in [0.29, 0.717) is 0 Å². The molecule has 98 valence electrons. The molecule has 0 fully saturated rings. The first-order valence-corrected chi connectivity index (χ1v) is 6.19. The second-order valence-corrected chi connectivity index (χ2v) is 4.76. The number of nitrogens with zero attached hydrogens (tertiary/aromatic N) is 2. The molecule has 0 aliphatic carbocycles. The number of imidazole rings is 1. The fourth-order valence-corrected chi connectivity index (χ4v) is 2.46. The van der Waals surface area contributed by atoms with Crippen LogP contribution < -0.4 is 5.32 Å². The van der Waals surface area contributed by atoms with Crippen molar-refractivity contribution in [1.82, 2.24) is 14.9 Å². The minimum atomic E-state index is 0.119. The molecule has 4 nitrogen and oxygen atoms in total. The van der Waals surface area contributed by atoms with Crippen molar-refractivity contribution >= 4 is 0 Å². The Morgan fingerprint density at radius 1 is 1.22 bits per heavy atom. The molecule has 0 amide bonds. The van der Waals surface area contributed by atoms with E-state index in [-0.39, 0.29) is 6.04 Å². The van der Waals surface area contributed by atoms with Gasteiger partial charge in [0.05, 0.1) is 17.9 Å². The maximum absolute atomic E-state index is 5.73. The summed E-state index contributed by atoms with van der Waals surface area (Å²) >= 11 is 0. The molecule has 2 rings (SSSR count). The van der Waals surface area contributed by atoms with Gasteiger partial charge in [-0.3, -0.25) is 0 Å². The third-order valence-electron chi connectivity index (χ3n) is 3.75. The summed E-state index contributed by atoms with van der Waals surface area (Å²) in [5, 5.41) is 3.36. The highest BCUT2D eigenvalue weighted by molar-refractivity contribution is 5.38. The van der Waals surface area contributed by atoms with Crippen molar-refractivity contribution < 1.29 is 4.42 Å². The van der Waals surface area contributed by atoms with E-state index in [9.17, 15) is 0 Å². The van der Waals surface area contributed by atoms with Crippen LogP contribution in [0.15, 0.2) is 10.6 Å². The van der Waals surface area contributed by atoms with Crippen molar-refractivity contribution in [3.8, 4) is 0 Å². The molecule has 0 spiro atoms. The molecule has 1 unspecified atom stereocenters. The fraction of sp³-hybridized carbons (Fsp3) is 0.500. The number of nitrogens with one attached hydrogen (secondary N) is 1. The van der Waals surface area contributed by atoms with Crippen LogP contribution in [0.1, 0.15) is 40.2 Å². The third-order valence-corrected chi connectivity index (χ3v) is 3.75. The van der Waals surface area contributed by atoms with Crippen LogP contribution in [0.2, 0.25) is 0 Å². The minimum Gasteiger partial charge on any atom is -0.466 e. The van der Waals surface area contributed by atoms with Crippen molar-refractivity contribution in [3.05, 3.63) is 40.4 Å². The Kier molecular flexibility index (Phi) is 3.30. The summed E-state index contributed by atoms with van der Waals surface area (Å²) in [6, 6.07) is 0.119. The van der Waals surface area contributed by atoms with E-state index in [2.05, 4.69) is 21.8 Å². The third kappa shape index (κ3) is 1.86. The number of hydrogen-bond donors (Lipinski definition) is 1. The molecule has 0 radical (unpaired) electrons. The van der Waals surface area contributed by atoms with Crippen LogP contribution >= 0.6 is 0 Å². The summed E-state index contributed by atoms with van der Waals surface area (Å²) in [6.45, 7) is 8.14. The zero-order valence-electron chi connectivity index (χ0n) is 12.0. The molecule has 0 bridgehead atoms. The van der Waals surface area contributed by atoms with Crippen LogP contribution in [0.25, 0.3) is 0 Å². The summed E-state index contributed by atoms with van der Waals surface area (Å²) in [7, 11) is 4.01. The largest absolute Gasteiger partial charge is 0.466 e. The van der Waals surface area contributed by atoms with Crippen LogP contribution in [0, 0.1) is 27.7 Å². The number of aromatic nitrogens is 2. The summed E-state index contributed by atoms with van der Waals surface area (Å²) in [4.78, 5) is 4.37. The molecular formula is C14H21N3O. The number of hydrogen-bond acceptors (Lipinski definition) is 3. The highest BCUT2D eigenvalue weighted by atomic mass is 16.3. The van der Waals surface area contributed by atoms with E-state index in [4.69, 9.17) is 4.42 Å². The van der Waals surface area contributed by atoms with Crippen molar-refractivity contribution in [1.29, 1.82) is 0 Å². The van der Waals surface area contributed by atoms with Gasteiger partial charge < -0.3 is 14.3 Å². The van der Waals surface area contributed by atoms with Gasteiger partial charge in [0.25, 0.3) is 0 Å². The Bertz CT molecular complexity index is 566. The van der Waals surface area contributed by atoms with Crippen molar-refractivity contribution in [2.75, 3.05) is 7.05 Å². The van der Waals surface area contributed by atoms with Gasteiger partial charge in [0.2, 0.25) is 0 Å². The average molecular weight is 247 g/mol. The average Bonchev–Trinajstić information content (AvgIpc) is 2.77. The SMILES string of the molecule is CNC(c1c(C)oc(C)c1C)c1cnc(C)n1C. The lowest BCUT2D eigenvalue weighted by molar-refractivity contribution is 0.494. The summed E-state index contributed by atoms with van der Waals surface area (Å²) in [5.74, 6) is 2.98. The first kappa shape index (κ1) is 12.9. The Hall–Kier alpha value is -1.55. The van der Waals surface area contributed by atoms with Gasteiger partial charge in [0.15, 0.2) is 0 Å². The standard InChI is InChI=1S/C14H21N3O/c1-8-9(2)18-10(3)13(8)14(15-5)12-7-16-11(4)17(12)6/h7,14-15H,1-6H3. The Labute approximate surface area is 108 Å².